The van der Waals surface area contributed by atoms with Gasteiger partial charge in [0, 0.05) is 21.4 Å². The van der Waals surface area contributed by atoms with Crippen molar-refractivity contribution in [2.45, 2.75) is 30.4 Å². The summed E-state index contributed by atoms with van der Waals surface area (Å²) >= 11 is 1.66. The van der Waals surface area contributed by atoms with Crippen LogP contribution in [0.4, 0.5) is 5.69 Å². The van der Waals surface area contributed by atoms with E-state index in [-0.39, 0.29) is 4.75 Å². The molecule has 0 fully saturated rings. The lowest BCUT2D eigenvalue weighted by molar-refractivity contribution is 0.555. The molecule has 4 nitrogen and oxygen atoms in total. The van der Waals surface area contributed by atoms with Gasteiger partial charge in [0.2, 0.25) is 0 Å². The number of oxazole rings is 1. The number of fused-ring (bicyclic) bond motifs is 1. The van der Waals surface area contributed by atoms with Crippen LogP contribution in [0.25, 0.3) is 11.1 Å². The van der Waals surface area contributed by atoms with Crippen LogP contribution in [-0.2, 0) is 0 Å². The zero-order valence-electron chi connectivity index (χ0n) is 9.46. The Balaban J connectivity index is 2.53. The summed E-state index contributed by atoms with van der Waals surface area (Å²) in [7, 11) is 0. The molecule has 0 aliphatic carbocycles. The maximum atomic E-state index is 11.0. The Bertz CT molecular complexity index is 578. The van der Waals surface area contributed by atoms with Gasteiger partial charge in [0.15, 0.2) is 5.58 Å². The van der Waals surface area contributed by atoms with Gasteiger partial charge in [-0.15, -0.1) is 11.8 Å². The molecular weight excluding hydrogens is 224 g/mol. The number of aromatic amines is 1. The van der Waals surface area contributed by atoms with Crippen molar-refractivity contribution in [2.24, 2.45) is 0 Å². The first kappa shape index (κ1) is 11.1. The van der Waals surface area contributed by atoms with E-state index in [2.05, 4.69) is 25.8 Å². The Labute approximate surface area is 97.2 Å². The molecule has 2 rings (SSSR count). The molecule has 1 aromatic carbocycles. The number of nitrogen functional groups attached to an aromatic ring is 1. The summed E-state index contributed by atoms with van der Waals surface area (Å²) in [6, 6.07) is 3.53. The van der Waals surface area contributed by atoms with Crippen LogP contribution in [0.5, 0.6) is 0 Å². The molecule has 0 aliphatic rings. The van der Waals surface area contributed by atoms with Crippen LogP contribution in [-0.4, -0.2) is 9.73 Å². The Morgan fingerprint density at radius 3 is 2.69 bits per heavy atom. The molecule has 0 saturated carbocycles. The summed E-state index contributed by atoms with van der Waals surface area (Å²) in [4.78, 5) is 14.6. The van der Waals surface area contributed by atoms with Gasteiger partial charge in [-0.05, 0) is 6.07 Å². The molecule has 86 valence electrons. The van der Waals surface area contributed by atoms with Gasteiger partial charge in [-0.1, -0.05) is 20.8 Å². The van der Waals surface area contributed by atoms with E-state index < -0.39 is 5.76 Å². The largest absolute Gasteiger partial charge is 0.417 e. The summed E-state index contributed by atoms with van der Waals surface area (Å²) in [6.07, 6.45) is 0. The topological polar surface area (TPSA) is 72.0 Å². The van der Waals surface area contributed by atoms with Crippen molar-refractivity contribution in [3.63, 3.8) is 0 Å². The molecule has 0 saturated heterocycles. The van der Waals surface area contributed by atoms with Gasteiger partial charge in [-0.2, -0.15) is 0 Å². The molecular formula is C11H14N2O2S. The van der Waals surface area contributed by atoms with Crippen LogP contribution >= 0.6 is 11.8 Å². The summed E-state index contributed by atoms with van der Waals surface area (Å²) in [6.45, 7) is 6.33. The van der Waals surface area contributed by atoms with Crippen molar-refractivity contribution in [1.82, 2.24) is 4.98 Å². The summed E-state index contributed by atoms with van der Waals surface area (Å²) in [5, 5.41) is 0. The first-order valence-corrected chi connectivity index (χ1v) is 5.78. The number of nitrogens with two attached hydrogens (primary N) is 1. The van der Waals surface area contributed by atoms with Gasteiger partial charge in [-0.25, -0.2) is 4.79 Å². The Kier molecular flexibility index (Phi) is 2.50. The third-order valence-electron chi connectivity index (χ3n) is 1.97. The van der Waals surface area contributed by atoms with Crippen LogP contribution in [0.2, 0.25) is 0 Å². The molecule has 5 heteroatoms. The zero-order valence-corrected chi connectivity index (χ0v) is 10.3. The average Bonchev–Trinajstić information content (AvgIpc) is 2.42. The minimum absolute atomic E-state index is 0.0752. The molecule has 0 unspecified atom stereocenters. The molecule has 0 aliphatic heterocycles. The van der Waals surface area contributed by atoms with Crippen molar-refractivity contribution in [1.29, 1.82) is 0 Å². The normalized spacial score (nSPS) is 12.2. The summed E-state index contributed by atoms with van der Waals surface area (Å²) < 4.78 is 5.01. The van der Waals surface area contributed by atoms with E-state index in [0.717, 1.165) is 4.90 Å². The van der Waals surface area contributed by atoms with Gasteiger partial charge in [0.1, 0.15) is 0 Å². The maximum absolute atomic E-state index is 11.0. The van der Waals surface area contributed by atoms with E-state index in [1.807, 2.05) is 6.07 Å². The fourth-order valence-corrected chi connectivity index (χ4v) is 2.42. The van der Waals surface area contributed by atoms with Crippen molar-refractivity contribution in [3.05, 3.63) is 22.7 Å². The monoisotopic (exact) mass is 238 g/mol. The predicted molar refractivity (Wildman–Crippen MR) is 66.9 cm³/mol. The quantitative estimate of drug-likeness (QED) is 0.591. The lowest BCUT2D eigenvalue weighted by Gasteiger charge is -2.18. The van der Waals surface area contributed by atoms with Gasteiger partial charge in [-0.3, -0.25) is 4.98 Å². The average molecular weight is 238 g/mol. The van der Waals surface area contributed by atoms with Crippen LogP contribution in [0, 0.1) is 0 Å². The van der Waals surface area contributed by atoms with E-state index in [9.17, 15) is 4.79 Å². The molecule has 0 bridgehead atoms. The third kappa shape index (κ3) is 2.24. The smallest absolute Gasteiger partial charge is 0.408 e. The van der Waals surface area contributed by atoms with Crippen molar-refractivity contribution in [3.8, 4) is 0 Å². The molecule has 0 atom stereocenters. The van der Waals surface area contributed by atoms with Crippen LogP contribution < -0.4 is 11.5 Å². The zero-order chi connectivity index (χ0) is 11.9. The van der Waals surface area contributed by atoms with Gasteiger partial charge in [0.05, 0.1) is 5.52 Å². The number of H-pyrrole nitrogens is 1. The third-order valence-corrected chi connectivity index (χ3v) is 3.15. The molecule has 0 radical (unpaired) electrons. The SMILES string of the molecule is CC(C)(C)Sc1cc2[nH]c(=O)oc2cc1N. The Morgan fingerprint density at radius 1 is 1.38 bits per heavy atom. The summed E-state index contributed by atoms with van der Waals surface area (Å²) in [5.74, 6) is -0.452. The molecule has 2 aromatic rings. The molecule has 16 heavy (non-hydrogen) atoms. The van der Waals surface area contributed by atoms with E-state index in [4.69, 9.17) is 10.2 Å². The van der Waals surface area contributed by atoms with E-state index in [1.165, 1.54) is 0 Å². The lowest BCUT2D eigenvalue weighted by Crippen LogP contribution is -2.07. The molecule has 0 spiro atoms. The molecule has 3 N–H and O–H groups in total. The van der Waals surface area contributed by atoms with E-state index in [1.54, 1.807) is 17.8 Å². The Morgan fingerprint density at radius 2 is 2.06 bits per heavy atom. The minimum Gasteiger partial charge on any atom is -0.408 e. The maximum Gasteiger partial charge on any atom is 0.417 e. The number of hydrogen-bond acceptors (Lipinski definition) is 4. The van der Waals surface area contributed by atoms with E-state index >= 15 is 0 Å². The van der Waals surface area contributed by atoms with Gasteiger partial charge in [0.25, 0.3) is 0 Å². The second-order valence-electron chi connectivity index (χ2n) is 4.62. The second kappa shape index (κ2) is 3.59. The highest BCUT2D eigenvalue weighted by atomic mass is 32.2. The molecule has 1 heterocycles. The highest BCUT2D eigenvalue weighted by molar-refractivity contribution is 8.00. The summed E-state index contributed by atoms with van der Waals surface area (Å²) in [5.41, 5.74) is 7.73. The number of thioether (sulfide) groups is 1. The molecule has 0 amide bonds. The Hall–Kier alpha value is -1.36. The fraction of sp³-hybridized carbons (Fsp3) is 0.364. The fourth-order valence-electron chi connectivity index (χ4n) is 1.41. The highest BCUT2D eigenvalue weighted by Crippen LogP contribution is 2.37. The van der Waals surface area contributed by atoms with Crippen LogP contribution in [0.15, 0.2) is 26.2 Å². The highest BCUT2D eigenvalue weighted by Gasteiger charge is 2.15. The standard InChI is InChI=1S/C11H14N2O2S/c1-11(2,3)16-9-5-7-8(4-6(9)12)15-10(14)13-7/h4-5H,12H2,1-3H3,(H,13,14). The molecule has 1 aromatic heterocycles. The number of benzene rings is 1. The van der Waals surface area contributed by atoms with Crippen molar-refractivity contribution < 1.29 is 4.42 Å². The minimum atomic E-state index is -0.452. The predicted octanol–water partition coefficient (Wildman–Crippen LogP) is 2.59. The van der Waals surface area contributed by atoms with Crippen LogP contribution in [0.3, 0.4) is 0 Å². The van der Waals surface area contributed by atoms with E-state index in [0.29, 0.717) is 16.8 Å². The number of anilines is 1. The second-order valence-corrected chi connectivity index (χ2v) is 6.48. The number of aromatic nitrogens is 1. The van der Waals surface area contributed by atoms with Crippen molar-refractivity contribution in [2.75, 3.05) is 5.73 Å². The number of rotatable bonds is 1. The van der Waals surface area contributed by atoms with Crippen molar-refractivity contribution >= 4 is 28.5 Å². The van der Waals surface area contributed by atoms with Gasteiger partial charge >= 0.3 is 5.76 Å². The first-order valence-electron chi connectivity index (χ1n) is 4.96. The number of hydrogen-bond donors (Lipinski definition) is 2. The number of nitrogens with one attached hydrogen (secondary N) is 1. The first-order chi connectivity index (χ1) is 7.35. The van der Waals surface area contributed by atoms with Crippen LogP contribution in [0.1, 0.15) is 20.8 Å². The lowest BCUT2D eigenvalue weighted by atomic mass is 10.2. The van der Waals surface area contributed by atoms with Gasteiger partial charge < -0.3 is 10.2 Å².